The largest absolute Gasteiger partial charge is 0.454 e. The first-order valence-electron chi connectivity index (χ1n) is 11.2. The van der Waals surface area contributed by atoms with E-state index in [2.05, 4.69) is 15.3 Å². The Kier molecular flexibility index (Phi) is 5.28. The summed E-state index contributed by atoms with van der Waals surface area (Å²) in [5, 5.41) is 7.32. The third-order valence-corrected chi connectivity index (χ3v) is 6.99. The van der Waals surface area contributed by atoms with E-state index in [1.54, 1.807) is 0 Å². The molecule has 3 aliphatic heterocycles. The molecule has 2 fully saturated rings. The molecule has 1 atom stereocenters. The number of imide groups is 1. The zero-order chi connectivity index (χ0) is 22.3. The Bertz CT molecular complexity index is 1030. The summed E-state index contributed by atoms with van der Waals surface area (Å²) in [7, 11) is 1.92. The number of aromatic nitrogens is 2. The van der Waals surface area contributed by atoms with E-state index in [-0.39, 0.29) is 31.2 Å². The minimum Gasteiger partial charge on any atom is -0.454 e. The molecule has 3 amide bonds. The van der Waals surface area contributed by atoms with Crippen molar-refractivity contribution in [1.82, 2.24) is 24.9 Å². The summed E-state index contributed by atoms with van der Waals surface area (Å²) in [6.07, 6.45) is 6.27. The Morgan fingerprint density at radius 3 is 2.62 bits per heavy atom. The molecule has 170 valence electrons. The number of carbonyl (C=O) groups excluding carboxylic acids is 2. The van der Waals surface area contributed by atoms with Gasteiger partial charge >= 0.3 is 6.03 Å². The van der Waals surface area contributed by atoms with Crippen molar-refractivity contribution in [2.75, 3.05) is 19.9 Å². The van der Waals surface area contributed by atoms with Gasteiger partial charge in [-0.15, -0.1) is 0 Å². The summed E-state index contributed by atoms with van der Waals surface area (Å²) >= 11 is 0. The van der Waals surface area contributed by atoms with E-state index < -0.39 is 5.54 Å². The number of carbonyl (C=O) groups is 2. The van der Waals surface area contributed by atoms with Crippen molar-refractivity contribution in [3.63, 3.8) is 0 Å². The lowest BCUT2D eigenvalue weighted by Crippen LogP contribution is -2.55. The number of nitrogens with one attached hydrogen (secondary N) is 1. The van der Waals surface area contributed by atoms with Gasteiger partial charge in [-0.3, -0.25) is 19.3 Å². The van der Waals surface area contributed by atoms with Gasteiger partial charge in [0.05, 0.1) is 12.7 Å². The molecule has 9 heteroatoms. The number of benzene rings is 1. The number of nitrogens with zero attached hydrogens (tertiary/aromatic N) is 4. The molecule has 1 unspecified atom stereocenters. The predicted molar refractivity (Wildman–Crippen MR) is 116 cm³/mol. The van der Waals surface area contributed by atoms with Crippen LogP contribution in [0.1, 0.15) is 37.3 Å². The molecule has 4 heterocycles. The van der Waals surface area contributed by atoms with E-state index in [1.165, 1.54) is 10.5 Å². The van der Waals surface area contributed by atoms with Crippen LogP contribution < -0.4 is 14.8 Å². The first-order chi connectivity index (χ1) is 15.5. The molecule has 32 heavy (non-hydrogen) atoms. The highest BCUT2D eigenvalue weighted by Crippen LogP contribution is 2.38. The Morgan fingerprint density at radius 2 is 1.91 bits per heavy atom. The Morgan fingerprint density at radius 1 is 1.12 bits per heavy atom. The monoisotopic (exact) mass is 439 g/mol. The summed E-state index contributed by atoms with van der Waals surface area (Å²) in [6, 6.07) is 5.22. The van der Waals surface area contributed by atoms with Gasteiger partial charge in [-0.05, 0) is 56.0 Å². The van der Waals surface area contributed by atoms with E-state index in [0.29, 0.717) is 17.9 Å². The van der Waals surface area contributed by atoms with E-state index >= 15 is 0 Å². The Labute approximate surface area is 187 Å². The van der Waals surface area contributed by atoms with Crippen molar-refractivity contribution >= 4 is 11.9 Å². The van der Waals surface area contributed by atoms with Gasteiger partial charge in [0.25, 0.3) is 5.91 Å². The molecule has 1 aromatic heterocycles. The molecule has 0 saturated carbocycles. The average molecular weight is 440 g/mol. The number of aryl methyl sites for hydroxylation is 1. The highest BCUT2D eigenvalue weighted by molar-refractivity contribution is 6.07. The summed E-state index contributed by atoms with van der Waals surface area (Å²) < 4.78 is 12.6. The van der Waals surface area contributed by atoms with E-state index in [0.717, 1.165) is 38.0 Å². The number of ether oxygens (including phenoxy) is 2. The fourth-order valence-corrected chi connectivity index (χ4v) is 5.21. The van der Waals surface area contributed by atoms with Gasteiger partial charge in [-0.2, -0.15) is 5.10 Å². The molecule has 1 aromatic carbocycles. The standard InChI is InChI=1S/C23H29N5O4/c1-3-23(18-6-8-27(9-7-18)13-17-11-24-26(2)12-17)21(29)28(22(30)25-23)14-16-4-5-19-20(10-16)32-15-31-19/h4-5,10-12,18H,3,6-9,13-15H2,1-2H3,(H,25,30). The molecular weight excluding hydrogens is 410 g/mol. The molecule has 1 N–H and O–H groups in total. The number of hydrogen-bond donors (Lipinski definition) is 1. The van der Waals surface area contributed by atoms with Gasteiger partial charge in [-0.1, -0.05) is 13.0 Å². The van der Waals surface area contributed by atoms with Crippen LogP contribution in [0, 0.1) is 5.92 Å². The summed E-state index contributed by atoms with van der Waals surface area (Å²) in [5.74, 6) is 1.34. The van der Waals surface area contributed by atoms with E-state index in [4.69, 9.17) is 9.47 Å². The van der Waals surface area contributed by atoms with Crippen molar-refractivity contribution in [1.29, 1.82) is 0 Å². The van der Waals surface area contributed by atoms with Crippen LogP contribution in [0.4, 0.5) is 4.79 Å². The van der Waals surface area contributed by atoms with E-state index in [9.17, 15) is 9.59 Å². The zero-order valence-electron chi connectivity index (χ0n) is 18.5. The van der Waals surface area contributed by atoms with Crippen LogP contribution in [0.2, 0.25) is 0 Å². The van der Waals surface area contributed by atoms with Gasteiger partial charge in [0.15, 0.2) is 11.5 Å². The maximum atomic E-state index is 13.5. The molecule has 0 aliphatic carbocycles. The quantitative estimate of drug-likeness (QED) is 0.695. The number of fused-ring (bicyclic) bond motifs is 1. The summed E-state index contributed by atoms with van der Waals surface area (Å²) in [5.41, 5.74) is 1.21. The lowest BCUT2D eigenvalue weighted by Gasteiger charge is -2.40. The van der Waals surface area contributed by atoms with Crippen molar-refractivity contribution in [2.24, 2.45) is 13.0 Å². The molecule has 3 aliphatic rings. The number of piperidine rings is 1. The summed E-state index contributed by atoms with van der Waals surface area (Å²) in [4.78, 5) is 30.2. The van der Waals surface area contributed by atoms with E-state index in [1.807, 2.05) is 49.2 Å². The fraction of sp³-hybridized carbons (Fsp3) is 0.522. The maximum absolute atomic E-state index is 13.5. The molecule has 0 radical (unpaired) electrons. The van der Waals surface area contributed by atoms with Crippen LogP contribution in [0.15, 0.2) is 30.6 Å². The van der Waals surface area contributed by atoms with Gasteiger partial charge < -0.3 is 14.8 Å². The van der Waals surface area contributed by atoms with Gasteiger partial charge in [-0.25, -0.2) is 4.79 Å². The molecule has 9 nitrogen and oxygen atoms in total. The molecule has 2 saturated heterocycles. The molecular formula is C23H29N5O4. The number of hydrogen-bond acceptors (Lipinski definition) is 6. The van der Waals surface area contributed by atoms with Gasteiger partial charge in [0, 0.05) is 25.4 Å². The second-order valence-electron chi connectivity index (χ2n) is 8.91. The first-order valence-corrected chi connectivity index (χ1v) is 11.2. The minimum atomic E-state index is -0.826. The van der Waals surface area contributed by atoms with Crippen LogP contribution in [-0.4, -0.2) is 56.9 Å². The highest BCUT2D eigenvalue weighted by Gasteiger charge is 2.54. The van der Waals surface area contributed by atoms with Crippen molar-refractivity contribution in [2.45, 2.75) is 44.8 Å². The van der Waals surface area contributed by atoms with Crippen LogP contribution >= 0.6 is 0 Å². The van der Waals surface area contributed by atoms with Gasteiger partial charge in [0.2, 0.25) is 6.79 Å². The Hall–Kier alpha value is -3.07. The van der Waals surface area contributed by atoms with Crippen molar-refractivity contribution in [3.8, 4) is 11.5 Å². The fourth-order valence-electron chi connectivity index (χ4n) is 5.21. The molecule has 0 spiro atoms. The van der Waals surface area contributed by atoms with Crippen molar-refractivity contribution in [3.05, 3.63) is 41.7 Å². The number of likely N-dealkylation sites (tertiary alicyclic amines) is 1. The topological polar surface area (TPSA) is 88.9 Å². The lowest BCUT2D eigenvalue weighted by atomic mass is 9.75. The second kappa shape index (κ2) is 8.12. The van der Waals surface area contributed by atoms with Crippen molar-refractivity contribution < 1.29 is 19.1 Å². The molecule has 0 bridgehead atoms. The third-order valence-electron chi connectivity index (χ3n) is 6.99. The minimum absolute atomic E-state index is 0.117. The Balaban J connectivity index is 1.26. The van der Waals surface area contributed by atoms with Crippen LogP contribution in [0.3, 0.4) is 0 Å². The average Bonchev–Trinajstić information content (AvgIpc) is 3.49. The van der Waals surface area contributed by atoms with Crippen LogP contribution in [0.25, 0.3) is 0 Å². The highest BCUT2D eigenvalue weighted by atomic mass is 16.7. The first kappa shape index (κ1) is 20.8. The van der Waals surface area contributed by atoms with Gasteiger partial charge in [0.1, 0.15) is 5.54 Å². The smallest absolute Gasteiger partial charge is 0.325 e. The number of rotatable bonds is 6. The number of amides is 3. The third kappa shape index (κ3) is 3.60. The molecule has 2 aromatic rings. The summed E-state index contributed by atoms with van der Waals surface area (Å²) in [6.45, 7) is 5.06. The normalized spacial score (nSPS) is 23.8. The number of urea groups is 1. The molecule has 5 rings (SSSR count). The second-order valence-corrected chi connectivity index (χ2v) is 8.91. The SMILES string of the molecule is CCC1(C2CCN(Cc3cnn(C)c3)CC2)NC(=O)N(Cc2ccc3c(c2)OCO3)C1=O. The zero-order valence-corrected chi connectivity index (χ0v) is 18.5. The predicted octanol–water partition coefficient (Wildman–Crippen LogP) is 2.26. The van der Waals surface area contributed by atoms with Crippen LogP contribution in [0.5, 0.6) is 11.5 Å². The van der Waals surface area contributed by atoms with Crippen LogP contribution in [-0.2, 0) is 24.9 Å². The maximum Gasteiger partial charge on any atom is 0.325 e. The lowest BCUT2D eigenvalue weighted by molar-refractivity contribution is -0.134.